The highest BCUT2D eigenvalue weighted by Gasteiger charge is 2.12. The van der Waals surface area contributed by atoms with Crippen LogP contribution in [0.2, 0.25) is 0 Å². The smallest absolute Gasteiger partial charge is 0.172 e. The van der Waals surface area contributed by atoms with Gasteiger partial charge in [0.1, 0.15) is 22.3 Å². The number of fused-ring (bicyclic) bond motifs is 6. The second kappa shape index (κ2) is 4.92. The Hall–Kier alpha value is -3.66. The second-order valence-electron chi connectivity index (χ2n) is 6.31. The molecule has 6 rings (SSSR count). The van der Waals surface area contributed by atoms with Crippen molar-refractivity contribution in [3.05, 3.63) is 72.9 Å². The summed E-state index contributed by atoms with van der Waals surface area (Å²) in [6.45, 7) is 0. The molecule has 0 N–H and O–H groups in total. The number of rotatable bonds is 1. The molecule has 0 bridgehead atoms. The number of furan rings is 2. The minimum Gasteiger partial charge on any atom is -0.456 e. The van der Waals surface area contributed by atoms with E-state index >= 15 is 0 Å². The third-order valence-corrected chi connectivity index (χ3v) is 4.75. The fourth-order valence-corrected chi connectivity index (χ4v) is 3.51. The molecule has 122 valence electrons. The normalized spacial score (nSPS) is 11.8. The molecule has 3 heterocycles. The Balaban J connectivity index is 1.61. The first kappa shape index (κ1) is 13.6. The van der Waals surface area contributed by atoms with Gasteiger partial charge in [0.15, 0.2) is 11.4 Å². The van der Waals surface area contributed by atoms with Crippen LogP contribution in [0.1, 0.15) is 0 Å². The molecular formula is C22H12N2O2. The molecule has 4 nitrogen and oxygen atoms in total. The van der Waals surface area contributed by atoms with E-state index in [1.807, 2.05) is 54.6 Å². The lowest BCUT2D eigenvalue weighted by atomic mass is 10.1. The van der Waals surface area contributed by atoms with Crippen LogP contribution in [0.4, 0.5) is 0 Å². The lowest BCUT2D eigenvalue weighted by Crippen LogP contribution is -1.88. The minimum absolute atomic E-state index is 0.677. The number of hydrogen-bond donors (Lipinski definition) is 0. The molecule has 0 fully saturated rings. The van der Waals surface area contributed by atoms with Crippen molar-refractivity contribution in [2.75, 3.05) is 0 Å². The monoisotopic (exact) mass is 336 g/mol. The van der Waals surface area contributed by atoms with Gasteiger partial charge in [-0.2, -0.15) is 0 Å². The Bertz CT molecular complexity index is 1330. The highest BCUT2D eigenvalue weighted by atomic mass is 16.3. The van der Waals surface area contributed by atoms with E-state index in [4.69, 9.17) is 13.8 Å². The maximum atomic E-state index is 5.90. The van der Waals surface area contributed by atoms with E-state index in [2.05, 4.69) is 17.1 Å². The quantitative estimate of drug-likeness (QED) is 0.373. The Morgan fingerprint density at radius 3 is 2.19 bits per heavy atom. The highest BCUT2D eigenvalue weighted by molar-refractivity contribution is 6.06. The van der Waals surface area contributed by atoms with Gasteiger partial charge in [-0.15, -0.1) is 0 Å². The van der Waals surface area contributed by atoms with Gasteiger partial charge in [-0.1, -0.05) is 30.3 Å². The lowest BCUT2D eigenvalue weighted by Gasteiger charge is -2.00. The van der Waals surface area contributed by atoms with E-state index in [1.165, 1.54) is 0 Å². The SMILES string of the molecule is c1ccc2c(c1)oc1ccc(-c3ncc4oc5ccccc5c4n3)cc12. The van der Waals surface area contributed by atoms with E-state index in [1.54, 1.807) is 6.20 Å². The first-order chi connectivity index (χ1) is 12.9. The number of para-hydroxylation sites is 2. The van der Waals surface area contributed by atoms with E-state index in [-0.39, 0.29) is 0 Å². The number of aromatic nitrogens is 2. The van der Waals surface area contributed by atoms with Crippen molar-refractivity contribution in [1.82, 2.24) is 9.97 Å². The van der Waals surface area contributed by atoms with Crippen LogP contribution in [0.25, 0.3) is 55.4 Å². The van der Waals surface area contributed by atoms with Gasteiger partial charge in [0.25, 0.3) is 0 Å². The van der Waals surface area contributed by atoms with Crippen molar-refractivity contribution in [1.29, 1.82) is 0 Å². The van der Waals surface area contributed by atoms with Crippen LogP contribution >= 0.6 is 0 Å². The molecule has 0 saturated carbocycles. The van der Waals surface area contributed by atoms with E-state index in [9.17, 15) is 0 Å². The second-order valence-corrected chi connectivity index (χ2v) is 6.31. The van der Waals surface area contributed by atoms with E-state index in [0.717, 1.165) is 44.0 Å². The van der Waals surface area contributed by atoms with Crippen LogP contribution in [0.5, 0.6) is 0 Å². The van der Waals surface area contributed by atoms with Crippen LogP contribution in [-0.4, -0.2) is 9.97 Å². The largest absolute Gasteiger partial charge is 0.456 e. The van der Waals surface area contributed by atoms with Gasteiger partial charge in [0.05, 0.1) is 6.20 Å². The predicted octanol–water partition coefficient (Wildman–Crippen LogP) is 5.94. The van der Waals surface area contributed by atoms with Gasteiger partial charge in [-0.05, 0) is 36.4 Å². The fraction of sp³-hybridized carbons (Fsp3) is 0. The van der Waals surface area contributed by atoms with Crippen molar-refractivity contribution >= 4 is 44.0 Å². The summed E-state index contributed by atoms with van der Waals surface area (Å²) in [5, 5.41) is 3.17. The fourth-order valence-electron chi connectivity index (χ4n) is 3.51. The van der Waals surface area contributed by atoms with Gasteiger partial charge < -0.3 is 8.83 Å². The standard InChI is InChI=1S/C22H12N2O2/c1-3-7-17-14(5-1)16-11-13(9-10-19(16)25-17)22-23-12-20-21(24-22)15-6-2-4-8-18(15)26-20/h1-12H. The Kier molecular flexibility index (Phi) is 2.58. The third-order valence-electron chi connectivity index (χ3n) is 4.75. The van der Waals surface area contributed by atoms with E-state index in [0.29, 0.717) is 11.4 Å². The highest BCUT2D eigenvalue weighted by Crippen LogP contribution is 2.32. The van der Waals surface area contributed by atoms with Crippen molar-refractivity contribution in [2.24, 2.45) is 0 Å². The Morgan fingerprint density at radius 2 is 1.31 bits per heavy atom. The van der Waals surface area contributed by atoms with Gasteiger partial charge in [-0.25, -0.2) is 9.97 Å². The summed E-state index contributed by atoms with van der Waals surface area (Å²) in [4.78, 5) is 9.28. The van der Waals surface area contributed by atoms with Crippen LogP contribution in [-0.2, 0) is 0 Å². The van der Waals surface area contributed by atoms with Crippen LogP contribution in [0.3, 0.4) is 0 Å². The Labute approximate surface area is 147 Å². The topological polar surface area (TPSA) is 52.1 Å². The minimum atomic E-state index is 0.677. The molecule has 0 aliphatic heterocycles. The zero-order valence-corrected chi connectivity index (χ0v) is 13.6. The molecule has 3 aromatic heterocycles. The zero-order chi connectivity index (χ0) is 17.1. The molecule has 0 saturated heterocycles. The first-order valence-electron chi connectivity index (χ1n) is 8.43. The molecule has 0 atom stereocenters. The molecular weight excluding hydrogens is 324 g/mol. The summed E-state index contributed by atoms with van der Waals surface area (Å²) < 4.78 is 11.7. The summed E-state index contributed by atoms with van der Waals surface area (Å²) in [5.41, 5.74) is 5.07. The number of benzene rings is 3. The molecule has 0 aliphatic carbocycles. The van der Waals surface area contributed by atoms with Gasteiger partial charge in [-0.3, -0.25) is 0 Å². The molecule has 26 heavy (non-hydrogen) atoms. The molecule has 3 aromatic carbocycles. The van der Waals surface area contributed by atoms with Crippen LogP contribution < -0.4 is 0 Å². The van der Waals surface area contributed by atoms with Crippen molar-refractivity contribution in [3.8, 4) is 11.4 Å². The third kappa shape index (κ3) is 1.84. The van der Waals surface area contributed by atoms with Crippen molar-refractivity contribution in [3.63, 3.8) is 0 Å². The summed E-state index contributed by atoms with van der Waals surface area (Å²) in [5.74, 6) is 0.677. The van der Waals surface area contributed by atoms with E-state index < -0.39 is 0 Å². The molecule has 6 aromatic rings. The maximum absolute atomic E-state index is 5.90. The zero-order valence-electron chi connectivity index (χ0n) is 13.6. The number of nitrogens with zero attached hydrogens (tertiary/aromatic N) is 2. The summed E-state index contributed by atoms with van der Waals surface area (Å²) in [6.07, 6.45) is 1.75. The molecule has 0 aliphatic rings. The molecule has 0 radical (unpaired) electrons. The van der Waals surface area contributed by atoms with Crippen molar-refractivity contribution in [2.45, 2.75) is 0 Å². The van der Waals surface area contributed by atoms with Gasteiger partial charge in [0, 0.05) is 21.7 Å². The summed E-state index contributed by atoms with van der Waals surface area (Å²) in [7, 11) is 0. The first-order valence-corrected chi connectivity index (χ1v) is 8.43. The van der Waals surface area contributed by atoms with Crippen molar-refractivity contribution < 1.29 is 8.83 Å². The average Bonchev–Trinajstić information content (AvgIpc) is 3.25. The lowest BCUT2D eigenvalue weighted by molar-refractivity contribution is 0.665. The molecule has 0 unspecified atom stereocenters. The van der Waals surface area contributed by atoms with Gasteiger partial charge >= 0.3 is 0 Å². The van der Waals surface area contributed by atoms with Crippen LogP contribution in [0, 0.1) is 0 Å². The number of hydrogen-bond acceptors (Lipinski definition) is 4. The maximum Gasteiger partial charge on any atom is 0.172 e. The summed E-state index contributed by atoms with van der Waals surface area (Å²) in [6, 6.07) is 22.0. The van der Waals surface area contributed by atoms with Crippen LogP contribution in [0.15, 0.2) is 81.8 Å². The Morgan fingerprint density at radius 1 is 0.615 bits per heavy atom. The molecule has 0 amide bonds. The summed E-state index contributed by atoms with van der Waals surface area (Å²) >= 11 is 0. The molecule has 4 heteroatoms. The predicted molar refractivity (Wildman–Crippen MR) is 102 cm³/mol. The molecule has 0 spiro atoms. The van der Waals surface area contributed by atoms with Gasteiger partial charge in [0.2, 0.25) is 0 Å². The average molecular weight is 336 g/mol.